The molecule has 0 aromatic carbocycles. The van der Waals surface area contributed by atoms with Gasteiger partial charge in [0, 0.05) is 0 Å². The standard InChI is InChI=1S/C5H4NS2/c7-5-3-1-2-4-6(5)8/h1-4H/q-1. The highest BCUT2D eigenvalue weighted by Gasteiger charge is 1.69. The van der Waals surface area contributed by atoms with Gasteiger partial charge in [-0.15, -0.1) is 0 Å². The van der Waals surface area contributed by atoms with E-state index in [0.29, 0.717) is 4.64 Å². The molecule has 42 valence electrons. The van der Waals surface area contributed by atoms with Gasteiger partial charge in [-0.05, 0) is 18.3 Å². The number of pyridine rings is 1. The summed E-state index contributed by atoms with van der Waals surface area (Å²) in [4.78, 5) is 0. The first-order valence-corrected chi connectivity index (χ1v) is 2.93. The largest absolute Gasteiger partial charge is 0.687 e. The van der Waals surface area contributed by atoms with Crippen LogP contribution in [0.3, 0.4) is 0 Å². The Kier molecular flexibility index (Phi) is 1.60. The zero-order valence-corrected chi connectivity index (χ0v) is 5.71. The Hall–Kier alpha value is -0.410. The molecule has 1 aromatic heterocycles. The van der Waals surface area contributed by atoms with Crippen LogP contribution in [0.1, 0.15) is 0 Å². The van der Waals surface area contributed by atoms with Gasteiger partial charge in [-0.25, -0.2) is 0 Å². The summed E-state index contributed by atoms with van der Waals surface area (Å²) >= 11 is 9.58. The number of nitrogens with zero attached hydrogens (tertiary/aromatic N) is 1. The Morgan fingerprint density at radius 3 is 2.62 bits per heavy atom. The lowest BCUT2D eigenvalue weighted by molar-refractivity contribution is 1.21. The van der Waals surface area contributed by atoms with Gasteiger partial charge >= 0.3 is 0 Å². The van der Waals surface area contributed by atoms with Gasteiger partial charge in [0.2, 0.25) is 0 Å². The summed E-state index contributed by atoms with van der Waals surface area (Å²) in [5.74, 6) is 0. The molecule has 8 heavy (non-hydrogen) atoms. The van der Waals surface area contributed by atoms with E-state index in [1.54, 1.807) is 12.3 Å². The summed E-state index contributed by atoms with van der Waals surface area (Å²) in [5.41, 5.74) is 0. The Balaban J connectivity index is 3.35. The SMILES string of the molecule is S=c1ccccn1[S-]. The molecule has 0 radical (unpaired) electrons. The molecule has 0 spiro atoms. The van der Waals surface area contributed by atoms with E-state index in [2.05, 4.69) is 0 Å². The molecule has 1 heterocycles. The molecule has 0 aliphatic heterocycles. The van der Waals surface area contributed by atoms with Gasteiger partial charge in [-0.2, -0.15) is 0 Å². The molecule has 1 nitrogen and oxygen atoms in total. The zero-order valence-electron chi connectivity index (χ0n) is 4.07. The van der Waals surface area contributed by atoms with Crippen LogP contribution < -0.4 is 0 Å². The van der Waals surface area contributed by atoms with Crippen molar-refractivity contribution < 1.29 is 0 Å². The van der Waals surface area contributed by atoms with Crippen molar-refractivity contribution in [3.8, 4) is 0 Å². The topological polar surface area (TPSA) is 4.93 Å². The van der Waals surface area contributed by atoms with Crippen LogP contribution >= 0.6 is 12.2 Å². The highest BCUT2D eigenvalue weighted by atomic mass is 32.1. The predicted molar refractivity (Wildman–Crippen MR) is 38.0 cm³/mol. The monoisotopic (exact) mass is 142 g/mol. The van der Waals surface area contributed by atoms with E-state index in [0.717, 1.165) is 0 Å². The molecule has 1 aromatic rings. The van der Waals surface area contributed by atoms with Crippen molar-refractivity contribution in [1.82, 2.24) is 3.97 Å². The van der Waals surface area contributed by atoms with Crippen molar-refractivity contribution in [3.05, 3.63) is 29.0 Å². The molecule has 0 aliphatic rings. The van der Waals surface area contributed by atoms with Crippen molar-refractivity contribution in [2.45, 2.75) is 0 Å². The highest BCUT2D eigenvalue weighted by Crippen LogP contribution is 1.87. The molecule has 0 amide bonds. The average Bonchev–Trinajstić information content (AvgIpc) is 1.77. The smallest absolute Gasteiger partial charge is 0.0861 e. The van der Waals surface area contributed by atoms with Crippen LogP contribution in [-0.2, 0) is 12.8 Å². The van der Waals surface area contributed by atoms with E-state index in [-0.39, 0.29) is 0 Å². The van der Waals surface area contributed by atoms with Crippen molar-refractivity contribution in [3.63, 3.8) is 0 Å². The van der Waals surface area contributed by atoms with E-state index in [4.69, 9.17) is 25.0 Å². The Morgan fingerprint density at radius 2 is 2.25 bits per heavy atom. The van der Waals surface area contributed by atoms with Gasteiger partial charge in [0.1, 0.15) is 0 Å². The maximum absolute atomic E-state index is 4.81. The zero-order chi connectivity index (χ0) is 5.98. The third-order valence-electron chi connectivity index (χ3n) is 0.789. The Labute approximate surface area is 58.5 Å². The summed E-state index contributed by atoms with van der Waals surface area (Å²) in [6.07, 6.45) is 1.75. The van der Waals surface area contributed by atoms with E-state index in [1.165, 1.54) is 3.97 Å². The number of rotatable bonds is 0. The summed E-state index contributed by atoms with van der Waals surface area (Å²) in [7, 11) is 0. The second kappa shape index (κ2) is 2.24. The summed E-state index contributed by atoms with van der Waals surface area (Å²) in [5, 5.41) is 0. The maximum atomic E-state index is 4.81. The molecule has 0 bridgehead atoms. The number of hydrogen-bond acceptors (Lipinski definition) is 2. The predicted octanol–water partition coefficient (Wildman–Crippen LogP) is 1.53. The van der Waals surface area contributed by atoms with Crippen LogP contribution in [0.5, 0.6) is 0 Å². The van der Waals surface area contributed by atoms with Crippen LogP contribution in [0, 0.1) is 4.64 Å². The molecule has 0 fully saturated rings. The summed E-state index contributed by atoms with van der Waals surface area (Å²) in [6.45, 7) is 0. The first-order chi connectivity index (χ1) is 3.80. The lowest BCUT2D eigenvalue weighted by atomic mass is 10.5. The Bertz CT molecular complexity index is 228. The van der Waals surface area contributed by atoms with Crippen molar-refractivity contribution in [1.29, 1.82) is 0 Å². The van der Waals surface area contributed by atoms with Crippen LogP contribution in [0.2, 0.25) is 0 Å². The third-order valence-corrected chi connectivity index (χ3v) is 1.56. The van der Waals surface area contributed by atoms with Gasteiger partial charge in [-0.3, -0.25) is 0 Å². The molecule has 0 N–H and O–H groups in total. The van der Waals surface area contributed by atoms with E-state index in [9.17, 15) is 0 Å². The van der Waals surface area contributed by atoms with Crippen LogP contribution in [0.25, 0.3) is 0 Å². The van der Waals surface area contributed by atoms with E-state index < -0.39 is 0 Å². The average molecular weight is 142 g/mol. The second-order valence-electron chi connectivity index (χ2n) is 1.36. The number of hydrogen-bond donors (Lipinski definition) is 0. The van der Waals surface area contributed by atoms with E-state index >= 15 is 0 Å². The van der Waals surface area contributed by atoms with Crippen molar-refractivity contribution in [2.75, 3.05) is 0 Å². The molecule has 0 aliphatic carbocycles. The second-order valence-corrected chi connectivity index (χ2v) is 2.18. The lowest BCUT2D eigenvalue weighted by Crippen LogP contribution is -1.85. The molecule has 3 heteroatoms. The van der Waals surface area contributed by atoms with Crippen LogP contribution in [0.4, 0.5) is 0 Å². The van der Waals surface area contributed by atoms with E-state index in [1.807, 2.05) is 12.1 Å². The third kappa shape index (κ3) is 1.05. The van der Waals surface area contributed by atoms with Gasteiger partial charge in [-0.1, -0.05) is 18.3 Å². The fourth-order valence-electron chi connectivity index (χ4n) is 0.413. The van der Waals surface area contributed by atoms with Crippen molar-refractivity contribution in [2.24, 2.45) is 0 Å². The molecule has 0 atom stereocenters. The van der Waals surface area contributed by atoms with Gasteiger partial charge in [0.05, 0.1) is 4.64 Å². The molecular formula is C5H4NS2-. The van der Waals surface area contributed by atoms with Crippen LogP contribution in [-0.4, -0.2) is 3.97 Å². The Morgan fingerprint density at radius 1 is 1.50 bits per heavy atom. The first-order valence-electron chi connectivity index (χ1n) is 2.16. The van der Waals surface area contributed by atoms with Gasteiger partial charge in [0.15, 0.2) is 0 Å². The molecule has 0 saturated heterocycles. The summed E-state index contributed by atoms with van der Waals surface area (Å²) in [6, 6.07) is 5.51. The lowest BCUT2D eigenvalue weighted by Gasteiger charge is -2.07. The molecule has 1 rings (SSSR count). The van der Waals surface area contributed by atoms with Gasteiger partial charge in [0.25, 0.3) is 0 Å². The fourth-order valence-corrected chi connectivity index (χ4v) is 0.683. The molecule has 0 unspecified atom stereocenters. The highest BCUT2D eigenvalue weighted by molar-refractivity contribution is 7.72. The van der Waals surface area contributed by atoms with Crippen LogP contribution in [0.15, 0.2) is 24.4 Å². The van der Waals surface area contributed by atoms with Crippen molar-refractivity contribution >= 4 is 25.0 Å². The minimum atomic E-state index is 0.683. The fraction of sp³-hybridized carbons (Fsp3) is 0. The quantitative estimate of drug-likeness (QED) is 0.400. The minimum Gasteiger partial charge on any atom is -0.687 e. The normalized spacial score (nSPS) is 9.00. The molecular weight excluding hydrogens is 138 g/mol. The minimum absolute atomic E-state index is 0.683. The molecule has 0 saturated carbocycles. The maximum Gasteiger partial charge on any atom is 0.0861 e. The summed E-state index contributed by atoms with van der Waals surface area (Å²) < 4.78 is 2.16. The van der Waals surface area contributed by atoms with Gasteiger partial charge < -0.3 is 16.8 Å². The number of aromatic nitrogens is 1. The first kappa shape index (κ1) is 5.72.